The topological polar surface area (TPSA) is 56.5 Å². The second-order valence-corrected chi connectivity index (χ2v) is 3.73. The van der Waals surface area contributed by atoms with E-state index in [1.807, 2.05) is 5.38 Å². The SMILES string of the molecule is COC(OC)C(Cc1ccsc1)NN. The van der Waals surface area contributed by atoms with Crippen LogP contribution in [0.3, 0.4) is 0 Å². The van der Waals surface area contributed by atoms with Crippen LogP contribution >= 0.6 is 11.3 Å². The van der Waals surface area contributed by atoms with Crippen LogP contribution in [0.5, 0.6) is 0 Å². The lowest BCUT2D eigenvalue weighted by Gasteiger charge is -2.23. The van der Waals surface area contributed by atoms with Crippen molar-refractivity contribution in [3.05, 3.63) is 22.4 Å². The first-order valence-electron chi connectivity index (χ1n) is 4.34. The molecule has 1 heterocycles. The summed E-state index contributed by atoms with van der Waals surface area (Å²) >= 11 is 1.67. The molecule has 1 unspecified atom stereocenters. The maximum absolute atomic E-state index is 5.43. The Morgan fingerprint density at radius 3 is 2.64 bits per heavy atom. The summed E-state index contributed by atoms with van der Waals surface area (Å²) in [6.45, 7) is 0. The Morgan fingerprint density at radius 1 is 1.50 bits per heavy atom. The lowest BCUT2D eigenvalue weighted by molar-refractivity contribution is -0.122. The van der Waals surface area contributed by atoms with Crippen LogP contribution in [-0.2, 0) is 15.9 Å². The highest BCUT2D eigenvalue weighted by Gasteiger charge is 2.19. The van der Waals surface area contributed by atoms with E-state index in [1.165, 1.54) is 5.56 Å². The van der Waals surface area contributed by atoms with E-state index < -0.39 is 0 Å². The van der Waals surface area contributed by atoms with Crippen LogP contribution in [-0.4, -0.2) is 26.6 Å². The summed E-state index contributed by atoms with van der Waals surface area (Å²) in [5.74, 6) is 5.43. The molecule has 1 aromatic heterocycles. The van der Waals surface area contributed by atoms with Crippen LogP contribution in [0.4, 0.5) is 0 Å². The first-order chi connectivity index (χ1) is 6.81. The van der Waals surface area contributed by atoms with Crippen LogP contribution < -0.4 is 11.3 Å². The molecule has 0 radical (unpaired) electrons. The van der Waals surface area contributed by atoms with E-state index in [4.69, 9.17) is 15.3 Å². The van der Waals surface area contributed by atoms with Crippen LogP contribution in [0.15, 0.2) is 16.8 Å². The molecule has 4 nitrogen and oxygen atoms in total. The fourth-order valence-corrected chi connectivity index (χ4v) is 2.00. The number of ether oxygens (including phenoxy) is 2. The van der Waals surface area contributed by atoms with E-state index in [-0.39, 0.29) is 12.3 Å². The maximum atomic E-state index is 5.43. The van der Waals surface area contributed by atoms with Gasteiger partial charge < -0.3 is 9.47 Å². The van der Waals surface area contributed by atoms with Crippen LogP contribution in [0.1, 0.15) is 5.56 Å². The molecule has 0 aromatic carbocycles. The molecule has 1 atom stereocenters. The second-order valence-electron chi connectivity index (χ2n) is 2.95. The average molecular weight is 216 g/mol. The Balaban J connectivity index is 2.53. The van der Waals surface area contributed by atoms with Crippen molar-refractivity contribution in [3.8, 4) is 0 Å². The minimum Gasteiger partial charge on any atom is -0.354 e. The van der Waals surface area contributed by atoms with Gasteiger partial charge in [0.15, 0.2) is 6.29 Å². The van der Waals surface area contributed by atoms with Gasteiger partial charge in [0.05, 0.1) is 6.04 Å². The standard InChI is InChI=1S/C9H16N2O2S/c1-12-9(13-2)8(11-10)5-7-3-4-14-6-7/h3-4,6,8-9,11H,5,10H2,1-2H3. The zero-order valence-electron chi connectivity index (χ0n) is 8.40. The zero-order chi connectivity index (χ0) is 10.4. The third-order valence-electron chi connectivity index (χ3n) is 2.04. The smallest absolute Gasteiger partial charge is 0.173 e. The normalized spacial score (nSPS) is 13.4. The van der Waals surface area contributed by atoms with Gasteiger partial charge in [0.1, 0.15) is 0 Å². The predicted molar refractivity (Wildman–Crippen MR) is 56.9 cm³/mol. The number of methoxy groups -OCH3 is 2. The zero-order valence-corrected chi connectivity index (χ0v) is 9.21. The molecule has 0 aliphatic carbocycles. The lowest BCUT2D eigenvalue weighted by atomic mass is 10.1. The van der Waals surface area contributed by atoms with Gasteiger partial charge in [-0.05, 0) is 28.8 Å². The number of hydrazine groups is 1. The first kappa shape index (κ1) is 11.6. The average Bonchev–Trinajstić information content (AvgIpc) is 2.70. The van der Waals surface area contributed by atoms with E-state index in [1.54, 1.807) is 25.6 Å². The minimum atomic E-state index is -0.320. The highest BCUT2D eigenvalue weighted by atomic mass is 32.1. The molecule has 5 heteroatoms. The number of hydrogen-bond donors (Lipinski definition) is 2. The molecule has 0 aliphatic rings. The first-order valence-corrected chi connectivity index (χ1v) is 5.29. The fraction of sp³-hybridized carbons (Fsp3) is 0.556. The van der Waals surface area contributed by atoms with Crippen molar-refractivity contribution >= 4 is 11.3 Å². The molecule has 80 valence electrons. The Bertz CT molecular complexity index is 237. The number of rotatable bonds is 6. The van der Waals surface area contributed by atoms with Crippen molar-refractivity contribution in [2.75, 3.05) is 14.2 Å². The van der Waals surface area contributed by atoms with Gasteiger partial charge in [-0.1, -0.05) is 0 Å². The molecule has 0 saturated carbocycles. The third kappa shape index (κ3) is 3.04. The second kappa shape index (κ2) is 6.10. The molecule has 0 spiro atoms. The summed E-state index contributed by atoms with van der Waals surface area (Å²) in [6.07, 6.45) is 0.478. The van der Waals surface area contributed by atoms with Crippen molar-refractivity contribution in [1.82, 2.24) is 5.43 Å². The molecule has 14 heavy (non-hydrogen) atoms. The number of hydrogen-bond acceptors (Lipinski definition) is 5. The van der Waals surface area contributed by atoms with Gasteiger partial charge in [0.2, 0.25) is 0 Å². The number of nitrogens with two attached hydrogens (primary N) is 1. The molecular formula is C9H16N2O2S. The Morgan fingerprint density at radius 2 is 2.21 bits per heavy atom. The maximum Gasteiger partial charge on any atom is 0.173 e. The molecule has 1 rings (SSSR count). The summed E-state index contributed by atoms with van der Waals surface area (Å²) in [5.41, 5.74) is 3.93. The summed E-state index contributed by atoms with van der Waals surface area (Å²) in [6, 6.07) is 2.04. The monoisotopic (exact) mass is 216 g/mol. The fourth-order valence-electron chi connectivity index (χ4n) is 1.32. The summed E-state index contributed by atoms with van der Waals surface area (Å²) < 4.78 is 10.3. The lowest BCUT2D eigenvalue weighted by Crippen LogP contribution is -2.47. The van der Waals surface area contributed by atoms with E-state index in [2.05, 4.69) is 16.9 Å². The Hall–Kier alpha value is -0.460. The molecule has 0 bridgehead atoms. The van der Waals surface area contributed by atoms with E-state index >= 15 is 0 Å². The summed E-state index contributed by atoms with van der Waals surface area (Å²) in [5, 5.41) is 4.13. The van der Waals surface area contributed by atoms with Gasteiger partial charge in [-0.25, -0.2) is 0 Å². The molecule has 0 aliphatic heterocycles. The summed E-state index contributed by atoms with van der Waals surface area (Å²) in [7, 11) is 3.21. The van der Waals surface area contributed by atoms with Gasteiger partial charge in [0, 0.05) is 14.2 Å². The third-order valence-corrected chi connectivity index (χ3v) is 2.77. The number of thiophene rings is 1. The molecule has 0 fully saturated rings. The van der Waals surface area contributed by atoms with E-state index in [0.29, 0.717) is 0 Å². The van der Waals surface area contributed by atoms with Crippen molar-refractivity contribution in [2.24, 2.45) is 5.84 Å². The highest BCUT2D eigenvalue weighted by molar-refractivity contribution is 7.07. The van der Waals surface area contributed by atoms with Crippen molar-refractivity contribution in [2.45, 2.75) is 18.8 Å². The van der Waals surface area contributed by atoms with Gasteiger partial charge in [-0.3, -0.25) is 11.3 Å². The van der Waals surface area contributed by atoms with Crippen LogP contribution in [0.2, 0.25) is 0 Å². The molecule has 0 saturated heterocycles. The van der Waals surface area contributed by atoms with Crippen molar-refractivity contribution in [1.29, 1.82) is 0 Å². The summed E-state index contributed by atoms with van der Waals surface area (Å²) in [4.78, 5) is 0. The van der Waals surface area contributed by atoms with Crippen molar-refractivity contribution < 1.29 is 9.47 Å². The largest absolute Gasteiger partial charge is 0.354 e. The highest BCUT2D eigenvalue weighted by Crippen LogP contribution is 2.11. The Labute approximate surface area is 88.0 Å². The van der Waals surface area contributed by atoms with E-state index in [0.717, 1.165) is 6.42 Å². The van der Waals surface area contributed by atoms with Gasteiger partial charge >= 0.3 is 0 Å². The minimum absolute atomic E-state index is 0.0281. The van der Waals surface area contributed by atoms with Crippen LogP contribution in [0.25, 0.3) is 0 Å². The van der Waals surface area contributed by atoms with Crippen molar-refractivity contribution in [3.63, 3.8) is 0 Å². The number of nitrogens with one attached hydrogen (secondary N) is 1. The predicted octanol–water partition coefficient (Wildman–Crippen LogP) is 0.741. The molecular weight excluding hydrogens is 200 g/mol. The molecule has 1 aromatic rings. The molecule has 0 amide bonds. The quantitative estimate of drug-likeness (QED) is 0.418. The van der Waals surface area contributed by atoms with Crippen LogP contribution in [0, 0.1) is 0 Å². The Kier molecular flexibility index (Phi) is 5.06. The van der Waals surface area contributed by atoms with Gasteiger partial charge in [-0.2, -0.15) is 11.3 Å². The van der Waals surface area contributed by atoms with Gasteiger partial charge in [0.25, 0.3) is 0 Å². The van der Waals surface area contributed by atoms with Gasteiger partial charge in [-0.15, -0.1) is 0 Å². The van der Waals surface area contributed by atoms with E-state index in [9.17, 15) is 0 Å². The molecule has 3 N–H and O–H groups in total.